The lowest BCUT2D eigenvalue weighted by atomic mass is 10.2. The summed E-state index contributed by atoms with van der Waals surface area (Å²) in [5.41, 5.74) is 1.04. The molecule has 0 spiro atoms. The molecule has 0 unspecified atom stereocenters. The molecule has 5 heteroatoms. The fourth-order valence-electron chi connectivity index (χ4n) is 2.08. The summed E-state index contributed by atoms with van der Waals surface area (Å²) >= 11 is 0. The Morgan fingerprint density at radius 3 is 2.58 bits per heavy atom. The minimum absolute atomic E-state index is 0.164. The molecule has 0 amide bonds. The van der Waals surface area contributed by atoms with E-state index in [0.29, 0.717) is 18.0 Å². The zero-order valence-electron chi connectivity index (χ0n) is 11.2. The first-order valence-electron chi connectivity index (χ1n) is 6.28. The van der Waals surface area contributed by atoms with Gasteiger partial charge < -0.3 is 4.74 Å². The highest BCUT2D eigenvalue weighted by molar-refractivity contribution is 7.89. The van der Waals surface area contributed by atoms with Gasteiger partial charge in [-0.1, -0.05) is 23.8 Å². The van der Waals surface area contributed by atoms with Crippen molar-refractivity contribution >= 4 is 10.0 Å². The molecule has 1 aliphatic rings. The number of nitrogens with zero attached hydrogens (tertiary/aromatic N) is 1. The second-order valence-electron chi connectivity index (χ2n) is 4.84. The van der Waals surface area contributed by atoms with Gasteiger partial charge >= 0.3 is 0 Å². The van der Waals surface area contributed by atoms with Crippen LogP contribution in [0.4, 0.5) is 0 Å². The van der Waals surface area contributed by atoms with Crippen LogP contribution in [0.1, 0.15) is 12.5 Å². The van der Waals surface area contributed by atoms with Crippen molar-refractivity contribution in [3.63, 3.8) is 0 Å². The zero-order chi connectivity index (χ0) is 14.0. The van der Waals surface area contributed by atoms with E-state index in [4.69, 9.17) is 4.74 Å². The summed E-state index contributed by atoms with van der Waals surface area (Å²) in [7, 11) is -3.47. The first-order valence-corrected chi connectivity index (χ1v) is 7.72. The molecule has 0 radical (unpaired) electrons. The van der Waals surface area contributed by atoms with Crippen LogP contribution in [-0.2, 0) is 14.8 Å². The van der Waals surface area contributed by atoms with Crippen molar-refractivity contribution in [1.82, 2.24) is 4.31 Å². The van der Waals surface area contributed by atoms with Gasteiger partial charge in [-0.15, -0.1) is 6.58 Å². The van der Waals surface area contributed by atoms with Crippen LogP contribution in [0.25, 0.3) is 0 Å². The number of rotatable bonds is 3. The Hall–Kier alpha value is -1.17. The molecule has 2 rings (SSSR count). The molecule has 0 bridgehead atoms. The lowest BCUT2D eigenvalue weighted by Crippen LogP contribution is -2.50. The summed E-state index contributed by atoms with van der Waals surface area (Å²) in [5.74, 6) is 0. The molecule has 0 aliphatic carbocycles. The molecule has 0 aromatic heterocycles. The zero-order valence-corrected chi connectivity index (χ0v) is 12.1. The topological polar surface area (TPSA) is 46.6 Å². The standard InChI is InChI=1S/C14H19NO3S/c1-4-13-9-15(12(3)10-18-13)19(16,17)14-7-5-11(2)6-8-14/h4-8,12-13H,1,9-10H2,2-3H3/t12-,13-/m0/s1. The van der Waals surface area contributed by atoms with Gasteiger partial charge in [0.25, 0.3) is 0 Å². The van der Waals surface area contributed by atoms with Gasteiger partial charge in [-0.2, -0.15) is 4.31 Å². The summed E-state index contributed by atoms with van der Waals surface area (Å²) < 4.78 is 32.2. The van der Waals surface area contributed by atoms with E-state index in [1.165, 1.54) is 4.31 Å². The molecule has 1 fully saturated rings. The van der Waals surface area contributed by atoms with Crippen LogP contribution in [0.3, 0.4) is 0 Å². The molecule has 4 nitrogen and oxygen atoms in total. The first kappa shape index (κ1) is 14.2. The van der Waals surface area contributed by atoms with Crippen LogP contribution in [0.15, 0.2) is 41.8 Å². The van der Waals surface area contributed by atoms with Crippen molar-refractivity contribution < 1.29 is 13.2 Å². The van der Waals surface area contributed by atoms with Crippen molar-refractivity contribution in [1.29, 1.82) is 0 Å². The second-order valence-corrected chi connectivity index (χ2v) is 6.73. The molecular weight excluding hydrogens is 262 g/mol. The Morgan fingerprint density at radius 2 is 2.00 bits per heavy atom. The van der Waals surface area contributed by atoms with Gasteiger partial charge in [-0.05, 0) is 26.0 Å². The van der Waals surface area contributed by atoms with Crippen LogP contribution < -0.4 is 0 Å². The molecule has 1 aromatic rings. The van der Waals surface area contributed by atoms with E-state index in [9.17, 15) is 8.42 Å². The maximum atomic E-state index is 12.6. The lowest BCUT2D eigenvalue weighted by molar-refractivity contribution is -0.00192. The largest absolute Gasteiger partial charge is 0.371 e. The van der Waals surface area contributed by atoms with E-state index in [-0.39, 0.29) is 12.1 Å². The van der Waals surface area contributed by atoms with Crippen LogP contribution in [0.2, 0.25) is 0 Å². The normalized spacial score (nSPS) is 25.2. The molecule has 0 N–H and O–H groups in total. The smallest absolute Gasteiger partial charge is 0.243 e. The van der Waals surface area contributed by atoms with Crippen molar-refractivity contribution in [2.75, 3.05) is 13.2 Å². The summed E-state index contributed by atoms with van der Waals surface area (Å²) in [6, 6.07) is 6.75. The fraction of sp³-hybridized carbons (Fsp3) is 0.429. The minimum Gasteiger partial charge on any atom is -0.371 e. The van der Waals surface area contributed by atoms with Gasteiger partial charge in [0, 0.05) is 12.6 Å². The van der Waals surface area contributed by atoms with E-state index < -0.39 is 10.0 Å². The Kier molecular flexibility index (Phi) is 4.08. The van der Waals surface area contributed by atoms with Crippen molar-refractivity contribution in [2.24, 2.45) is 0 Å². The first-order chi connectivity index (χ1) is 8.95. The van der Waals surface area contributed by atoms with E-state index in [2.05, 4.69) is 6.58 Å². The minimum atomic E-state index is -3.47. The van der Waals surface area contributed by atoms with Crippen LogP contribution in [0, 0.1) is 6.92 Å². The third-order valence-electron chi connectivity index (χ3n) is 3.29. The van der Waals surface area contributed by atoms with Gasteiger partial charge in [-0.3, -0.25) is 0 Å². The Balaban J connectivity index is 2.32. The highest BCUT2D eigenvalue weighted by Gasteiger charge is 2.34. The van der Waals surface area contributed by atoms with Gasteiger partial charge in [-0.25, -0.2) is 8.42 Å². The molecule has 19 heavy (non-hydrogen) atoms. The molecular formula is C14H19NO3S. The molecule has 2 atom stereocenters. The average molecular weight is 281 g/mol. The maximum absolute atomic E-state index is 12.6. The van der Waals surface area contributed by atoms with Gasteiger partial charge in [0.05, 0.1) is 17.6 Å². The molecule has 1 saturated heterocycles. The fourth-order valence-corrected chi connectivity index (χ4v) is 3.71. The Morgan fingerprint density at radius 1 is 1.37 bits per heavy atom. The molecule has 0 saturated carbocycles. The molecule has 1 aliphatic heterocycles. The Bertz CT molecular complexity index is 551. The number of sulfonamides is 1. The van der Waals surface area contributed by atoms with E-state index in [1.54, 1.807) is 18.2 Å². The van der Waals surface area contributed by atoms with Crippen LogP contribution in [-0.4, -0.2) is 38.0 Å². The highest BCUT2D eigenvalue weighted by atomic mass is 32.2. The van der Waals surface area contributed by atoms with Gasteiger partial charge in [0.1, 0.15) is 0 Å². The van der Waals surface area contributed by atoms with Crippen LogP contribution in [0.5, 0.6) is 0 Å². The number of benzene rings is 1. The molecule has 1 heterocycles. The monoisotopic (exact) mass is 281 g/mol. The molecule has 1 aromatic carbocycles. The number of ether oxygens (including phenoxy) is 1. The van der Waals surface area contributed by atoms with Gasteiger partial charge in [0.2, 0.25) is 10.0 Å². The van der Waals surface area contributed by atoms with E-state index >= 15 is 0 Å². The third kappa shape index (κ3) is 2.88. The average Bonchev–Trinajstić information content (AvgIpc) is 2.39. The summed E-state index contributed by atoms with van der Waals surface area (Å²) in [6.45, 7) is 8.16. The predicted octanol–water partition coefficient (Wildman–Crippen LogP) is 1.96. The number of hydrogen-bond donors (Lipinski definition) is 0. The third-order valence-corrected chi connectivity index (χ3v) is 5.29. The van der Waals surface area contributed by atoms with Crippen molar-refractivity contribution in [3.8, 4) is 0 Å². The van der Waals surface area contributed by atoms with E-state index in [0.717, 1.165) is 5.56 Å². The number of aryl methyl sites for hydroxylation is 1. The molecule has 104 valence electrons. The highest BCUT2D eigenvalue weighted by Crippen LogP contribution is 2.23. The second kappa shape index (κ2) is 5.45. The van der Waals surface area contributed by atoms with Crippen molar-refractivity contribution in [2.45, 2.75) is 30.9 Å². The summed E-state index contributed by atoms with van der Waals surface area (Å²) in [6.07, 6.45) is 1.40. The SMILES string of the molecule is C=C[C@H]1CN(S(=O)(=O)c2ccc(C)cc2)[C@@H](C)CO1. The van der Waals surface area contributed by atoms with E-state index in [1.807, 2.05) is 26.0 Å². The summed E-state index contributed by atoms with van der Waals surface area (Å²) in [5, 5.41) is 0. The number of hydrogen-bond acceptors (Lipinski definition) is 3. The summed E-state index contributed by atoms with van der Waals surface area (Å²) in [4.78, 5) is 0.328. The quantitative estimate of drug-likeness (QED) is 0.796. The van der Waals surface area contributed by atoms with Gasteiger partial charge in [0.15, 0.2) is 0 Å². The lowest BCUT2D eigenvalue weighted by Gasteiger charge is -2.35. The predicted molar refractivity (Wildman–Crippen MR) is 74.5 cm³/mol. The van der Waals surface area contributed by atoms with Crippen LogP contribution >= 0.6 is 0 Å². The Labute approximate surface area is 114 Å². The maximum Gasteiger partial charge on any atom is 0.243 e. The van der Waals surface area contributed by atoms with Crippen molar-refractivity contribution in [3.05, 3.63) is 42.5 Å². The number of morpholine rings is 1.